The van der Waals surface area contributed by atoms with Crippen LogP contribution < -0.4 is 15.9 Å². The van der Waals surface area contributed by atoms with E-state index in [1.54, 1.807) is 37.3 Å². The number of primary amides is 1. The van der Waals surface area contributed by atoms with Crippen LogP contribution in [0.1, 0.15) is 35.0 Å². The zero-order chi connectivity index (χ0) is 17.5. The number of hydrogen-bond acceptors (Lipinski definition) is 5. The number of ether oxygens (including phenoxy) is 1. The van der Waals surface area contributed by atoms with Gasteiger partial charge in [0.25, 0.3) is 11.8 Å². The van der Waals surface area contributed by atoms with Gasteiger partial charge in [0.05, 0.1) is 17.5 Å². The third-order valence-corrected chi connectivity index (χ3v) is 3.30. The van der Waals surface area contributed by atoms with Crippen LogP contribution in [0.5, 0.6) is 5.75 Å². The molecule has 2 aromatic rings. The van der Waals surface area contributed by atoms with Crippen LogP contribution in [0.15, 0.2) is 46.1 Å². The molecule has 126 valence electrons. The second-order valence-electron chi connectivity index (χ2n) is 5.02. The number of carbonyl (C=O) groups excluding carboxylic acids is 2. The molecule has 0 aliphatic rings. The van der Waals surface area contributed by atoms with E-state index in [4.69, 9.17) is 14.9 Å². The highest BCUT2D eigenvalue weighted by Crippen LogP contribution is 2.14. The van der Waals surface area contributed by atoms with Gasteiger partial charge in [-0.1, -0.05) is 6.92 Å². The van der Waals surface area contributed by atoms with Crippen LogP contribution in [0.25, 0.3) is 0 Å². The third-order valence-electron chi connectivity index (χ3n) is 3.30. The van der Waals surface area contributed by atoms with E-state index in [1.165, 1.54) is 6.26 Å². The summed E-state index contributed by atoms with van der Waals surface area (Å²) in [4.78, 5) is 22.7. The van der Waals surface area contributed by atoms with E-state index in [-0.39, 0.29) is 12.5 Å². The molecular weight excluding hydrogens is 310 g/mol. The Labute approximate surface area is 139 Å². The Morgan fingerprint density at radius 2 is 1.96 bits per heavy atom. The summed E-state index contributed by atoms with van der Waals surface area (Å²) in [6, 6.07) is 8.62. The Kier molecular flexibility index (Phi) is 5.73. The minimum absolute atomic E-state index is 0.172. The fourth-order valence-corrected chi connectivity index (χ4v) is 2.04. The van der Waals surface area contributed by atoms with Gasteiger partial charge < -0.3 is 14.9 Å². The number of aryl methyl sites for hydroxylation is 1. The average molecular weight is 329 g/mol. The van der Waals surface area contributed by atoms with Gasteiger partial charge in [0.1, 0.15) is 11.5 Å². The molecule has 0 fully saturated rings. The molecule has 1 heterocycles. The smallest absolute Gasteiger partial charge is 0.274 e. The molecule has 2 amide bonds. The van der Waals surface area contributed by atoms with E-state index >= 15 is 0 Å². The van der Waals surface area contributed by atoms with Crippen molar-refractivity contribution >= 4 is 17.5 Å². The number of nitrogens with zero attached hydrogens (tertiary/aromatic N) is 1. The number of furan rings is 1. The summed E-state index contributed by atoms with van der Waals surface area (Å²) < 4.78 is 10.3. The number of nitrogens with one attached hydrogen (secondary N) is 1. The average Bonchev–Trinajstić information content (AvgIpc) is 3.00. The molecular formula is C17H19N3O4. The maximum absolute atomic E-state index is 12.0. The van der Waals surface area contributed by atoms with E-state index in [9.17, 15) is 9.59 Å². The normalized spacial score (nSPS) is 11.2. The van der Waals surface area contributed by atoms with Gasteiger partial charge in [-0.3, -0.25) is 9.59 Å². The molecule has 0 spiro atoms. The molecule has 7 heteroatoms. The summed E-state index contributed by atoms with van der Waals surface area (Å²) in [5.74, 6) is 0.212. The number of amides is 2. The quantitative estimate of drug-likeness (QED) is 0.598. The number of hydrogen-bond donors (Lipinski definition) is 2. The number of carbonyl (C=O) groups is 2. The molecule has 3 N–H and O–H groups in total. The van der Waals surface area contributed by atoms with Gasteiger partial charge in [-0.2, -0.15) is 5.10 Å². The van der Waals surface area contributed by atoms with Crippen LogP contribution in [-0.2, 0) is 4.79 Å². The molecule has 24 heavy (non-hydrogen) atoms. The lowest BCUT2D eigenvalue weighted by Crippen LogP contribution is -2.20. The largest absolute Gasteiger partial charge is 0.484 e. The van der Waals surface area contributed by atoms with Crippen molar-refractivity contribution in [2.45, 2.75) is 20.3 Å². The van der Waals surface area contributed by atoms with Crippen molar-refractivity contribution < 1.29 is 18.7 Å². The molecule has 0 bridgehead atoms. The second-order valence-corrected chi connectivity index (χ2v) is 5.02. The minimum atomic E-state index is -0.535. The predicted molar refractivity (Wildman–Crippen MR) is 88.9 cm³/mol. The lowest BCUT2D eigenvalue weighted by atomic mass is 10.1. The van der Waals surface area contributed by atoms with Gasteiger partial charge >= 0.3 is 0 Å². The van der Waals surface area contributed by atoms with Gasteiger partial charge in [-0.05, 0) is 49.2 Å². The van der Waals surface area contributed by atoms with Gasteiger partial charge in [-0.15, -0.1) is 0 Å². The van der Waals surface area contributed by atoms with Crippen LogP contribution in [-0.4, -0.2) is 24.1 Å². The Morgan fingerprint density at radius 3 is 2.50 bits per heavy atom. The first kappa shape index (κ1) is 17.3. The standard InChI is InChI=1S/C17H19N3O4/c1-3-15(19-20-17(22)14-8-9-23-11(14)2)12-4-6-13(7-5-12)24-10-16(18)21/h4-9H,3,10H2,1-2H3,(H2,18,21)(H,20,22)/b19-15-. The van der Waals surface area contributed by atoms with Gasteiger partial charge in [0.2, 0.25) is 0 Å². The van der Waals surface area contributed by atoms with E-state index in [1.807, 2.05) is 6.92 Å². The first-order valence-electron chi connectivity index (χ1n) is 7.43. The van der Waals surface area contributed by atoms with Crippen molar-refractivity contribution in [3.63, 3.8) is 0 Å². The Morgan fingerprint density at radius 1 is 1.25 bits per heavy atom. The molecule has 0 aliphatic heterocycles. The zero-order valence-corrected chi connectivity index (χ0v) is 13.5. The van der Waals surface area contributed by atoms with Crippen molar-refractivity contribution in [1.82, 2.24) is 5.43 Å². The van der Waals surface area contributed by atoms with Gasteiger partial charge in [0.15, 0.2) is 6.61 Å². The Hall–Kier alpha value is -3.09. The monoisotopic (exact) mass is 329 g/mol. The molecule has 0 unspecified atom stereocenters. The van der Waals surface area contributed by atoms with Crippen molar-refractivity contribution in [1.29, 1.82) is 0 Å². The summed E-state index contributed by atoms with van der Waals surface area (Å²) in [5, 5.41) is 4.17. The first-order chi connectivity index (χ1) is 11.5. The SMILES string of the molecule is CC/C(=N/NC(=O)c1ccoc1C)c1ccc(OCC(N)=O)cc1. The number of nitrogens with two attached hydrogens (primary N) is 1. The lowest BCUT2D eigenvalue weighted by molar-refractivity contribution is -0.119. The minimum Gasteiger partial charge on any atom is -0.484 e. The summed E-state index contributed by atoms with van der Waals surface area (Å²) in [5.41, 5.74) is 9.56. The van der Waals surface area contributed by atoms with Crippen LogP contribution in [0, 0.1) is 6.92 Å². The molecule has 0 atom stereocenters. The Balaban J connectivity index is 2.06. The lowest BCUT2D eigenvalue weighted by Gasteiger charge is -2.07. The molecule has 0 saturated heterocycles. The first-order valence-corrected chi connectivity index (χ1v) is 7.43. The molecule has 1 aromatic heterocycles. The number of benzene rings is 1. The van der Waals surface area contributed by atoms with Crippen LogP contribution in [0.4, 0.5) is 0 Å². The fraction of sp³-hybridized carbons (Fsp3) is 0.235. The maximum atomic E-state index is 12.0. The highest BCUT2D eigenvalue weighted by Gasteiger charge is 2.11. The fourth-order valence-electron chi connectivity index (χ4n) is 2.04. The molecule has 1 aromatic carbocycles. The summed E-state index contributed by atoms with van der Waals surface area (Å²) in [6.07, 6.45) is 2.09. The zero-order valence-electron chi connectivity index (χ0n) is 13.5. The van der Waals surface area contributed by atoms with Crippen molar-refractivity contribution in [3.8, 4) is 5.75 Å². The van der Waals surface area contributed by atoms with E-state index in [2.05, 4.69) is 10.5 Å². The van der Waals surface area contributed by atoms with Crippen LogP contribution >= 0.6 is 0 Å². The topological polar surface area (TPSA) is 107 Å². The summed E-state index contributed by atoms with van der Waals surface area (Å²) in [7, 11) is 0. The van der Waals surface area contributed by atoms with Crippen molar-refractivity contribution in [3.05, 3.63) is 53.5 Å². The Bertz CT molecular complexity index is 747. The second kappa shape index (κ2) is 7.96. The van der Waals surface area contributed by atoms with Crippen molar-refractivity contribution in [2.75, 3.05) is 6.61 Å². The van der Waals surface area contributed by atoms with Gasteiger partial charge in [0, 0.05) is 0 Å². The van der Waals surface area contributed by atoms with Crippen LogP contribution in [0.2, 0.25) is 0 Å². The molecule has 7 nitrogen and oxygen atoms in total. The molecule has 0 saturated carbocycles. The predicted octanol–water partition coefficient (Wildman–Crippen LogP) is 2.00. The molecule has 2 rings (SSSR count). The highest BCUT2D eigenvalue weighted by molar-refractivity contribution is 6.02. The maximum Gasteiger partial charge on any atom is 0.274 e. The third kappa shape index (κ3) is 4.45. The number of hydrazone groups is 1. The van der Waals surface area contributed by atoms with E-state index in [0.717, 1.165) is 5.56 Å². The summed E-state index contributed by atoms with van der Waals surface area (Å²) in [6.45, 7) is 3.48. The molecule has 0 radical (unpaired) electrons. The van der Waals surface area contributed by atoms with Gasteiger partial charge in [-0.25, -0.2) is 5.43 Å². The van der Waals surface area contributed by atoms with Crippen molar-refractivity contribution in [2.24, 2.45) is 10.8 Å². The number of rotatable bonds is 7. The summed E-state index contributed by atoms with van der Waals surface area (Å²) >= 11 is 0. The highest BCUT2D eigenvalue weighted by atomic mass is 16.5. The van der Waals surface area contributed by atoms with E-state index < -0.39 is 5.91 Å². The van der Waals surface area contributed by atoms with E-state index in [0.29, 0.717) is 29.2 Å². The molecule has 0 aliphatic carbocycles. The van der Waals surface area contributed by atoms with Crippen LogP contribution in [0.3, 0.4) is 0 Å².